The smallest absolute Gasteiger partial charge is 0.241 e. The molecule has 0 radical (unpaired) electrons. The van der Waals surface area contributed by atoms with Crippen molar-refractivity contribution in [2.24, 2.45) is 0 Å². The van der Waals surface area contributed by atoms with Gasteiger partial charge in [0.2, 0.25) is 16.0 Å². The van der Waals surface area contributed by atoms with Crippen LogP contribution in [0, 0.1) is 18.3 Å². The third-order valence-corrected chi connectivity index (χ3v) is 5.60. The number of hydrogen-bond donors (Lipinski definition) is 2. The minimum Gasteiger partial charge on any atom is -0.324 e. The summed E-state index contributed by atoms with van der Waals surface area (Å²) in [6.45, 7) is 5.83. The third-order valence-electron chi connectivity index (χ3n) is 4.18. The maximum absolute atomic E-state index is 12.0. The van der Waals surface area contributed by atoms with E-state index in [9.17, 15) is 8.42 Å². The molecule has 2 aromatic heterocycles. The topological polar surface area (TPSA) is 126 Å². The van der Waals surface area contributed by atoms with Gasteiger partial charge in [-0.3, -0.25) is 0 Å². The van der Waals surface area contributed by atoms with Crippen molar-refractivity contribution < 1.29 is 8.42 Å². The Bertz CT molecular complexity index is 1150. The Morgan fingerprint density at radius 3 is 2.55 bits per heavy atom. The number of nitriles is 1. The zero-order valence-electron chi connectivity index (χ0n) is 16.3. The fourth-order valence-electron chi connectivity index (χ4n) is 2.91. The summed E-state index contributed by atoms with van der Waals surface area (Å²) in [5.41, 5.74) is 2.26. The number of benzene rings is 1. The number of rotatable bonds is 7. The fraction of sp³-hybridized carbons (Fsp3) is 0.263. The molecule has 29 heavy (non-hydrogen) atoms. The normalized spacial score (nSPS) is 11.4. The van der Waals surface area contributed by atoms with Gasteiger partial charge in [0.05, 0.1) is 35.1 Å². The van der Waals surface area contributed by atoms with Crippen molar-refractivity contribution in [3.63, 3.8) is 0 Å². The van der Waals surface area contributed by atoms with E-state index in [1.807, 2.05) is 13.0 Å². The Morgan fingerprint density at radius 2 is 1.90 bits per heavy atom. The number of sulfonamides is 1. The molecule has 0 bridgehead atoms. The zero-order valence-corrected chi connectivity index (χ0v) is 17.1. The van der Waals surface area contributed by atoms with E-state index >= 15 is 0 Å². The van der Waals surface area contributed by atoms with Gasteiger partial charge in [0.1, 0.15) is 5.82 Å². The van der Waals surface area contributed by atoms with Gasteiger partial charge >= 0.3 is 0 Å². The summed E-state index contributed by atoms with van der Waals surface area (Å²) in [4.78, 5) is 13.2. The van der Waals surface area contributed by atoms with Crippen LogP contribution in [0.25, 0.3) is 11.4 Å². The predicted octanol–water partition coefficient (Wildman–Crippen LogP) is 2.77. The lowest BCUT2D eigenvalue weighted by atomic mass is 10.2. The summed E-state index contributed by atoms with van der Waals surface area (Å²) in [6, 6.07) is 9.91. The second kappa shape index (κ2) is 8.38. The average Bonchev–Trinajstić information content (AvgIpc) is 3.09. The van der Waals surface area contributed by atoms with Crippen LogP contribution in [0.1, 0.15) is 25.7 Å². The van der Waals surface area contributed by atoms with E-state index in [0.717, 1.165) is 17.2 Å². The fourth-order valence-corrected chi connectivity index (χ4v) is 3.83. The van der Waals surface area contributed by atoms with E-state index < -0.39 is 10.0 Å². The molecule has 0 spiro atoms. The first-order valence-electron chi connectivity index (χ1n) is 8.93. The van der Waals surface area contributed by atoms with E-state index in [1.54, 1.807) is 30.6 Å². The lowest BCUT2D eigenvalue weighted by Gasteiger charge is -2.14. The molecule has 2 N–H and O–H groups in total. The summed E-state index contributed by atoms with van der Waals surface area (Å²) in [6.07, 6.45) is 3.44. The number of aromatic nitrogens is 4. The van der Waals surface area contributed by atoms with Gasteiger partial charge in [0.15, 0.2) is 0 Å². The molecule has 0 aliphatic rings. The van der Waals surface area contributed by atoms with E-state index in [-0.39, 0.29) is 17.5 Å². The predicted molar refractivity (Wildman–Crippen MR) is 109 cm³/mol. The minimum absolute atomic E-state index is 0.0734. The second-order valence-corrected chi connectivity index (χ2v) is 8.32. The molecule has 1 aromatic carbocycles. The zero-order chi connectivity index (χ0) is 21.0. The maximum atomic E-state index is 12.0. The molecule has 0 unspecified atom stereocenters. The number of nitrogens with zero attached hydrogens (tertiary/aromatic N) is 5. The maximum Gasteiger partial charge on any atom is 0.241 e. The molecule has 0 saturated heterocycles. The van der Waals surface area contributed by atoms with Gasteiger partial charge < -0.3 is 9.88 Å². The van der Waals surface area contributed by atoms with Crippen LogP contribution >= 0.6 is 0 Å². The number of hydrogen-bond acceptors (Lipinski definition) is 7. The van der Waals surface area contributed by atoms with Gasteiger partial charge in [0.25, 0.3) is 0 Å². The first-order valence-corrected chi connectivity index (χ1v) is 10.4. The highest BCUT2D eigenvalue weighted by atomic mass is 32.2. The first kappa shape index (κ1) is 20.4. The largest absolute Gasteiger partial charge is 0.324 e. The Morgan fingerprint density at radius 1 is 1.17 bits per heavy atom. The Balaban J connectivity index is 1.82. The van der Waals surface area contributed by atoms with Crippen LogP contribution in [0.2, 0.25) is 0 Å². The molecule has 0 aliphatic carbocycles. The van der Waals surface area contributed by atoms with Gasteiger partial charge in [-0.2, -0.15) is 9.98 Å². The van der Waals surface area contributed by atoms with Gasteiger partial charge in [0, 0.05) is 17.9 Å². The number of imidazole rings is 1. The van der Waals surface area contributed by atoms with Crippen molar-refractivity contribution in [2.45, 2.75) is 31.7 Å². The quantitative estimate of drug-likeness (QED) is 0.573. The lowest BCUT2D eigenvalue weighted by molar-refractivity contribution is 0.585. The summed E-state index contributed by atoms with van der Waals surface area (Å²) >= 11 is 0. The van der Waals surface area contributed by atoms with Crippen LogP contribution in [-0.4, -0.2) is 34.5 Å². The van der Waals surface area contributed by atoms with Crippen molar-refractivity contribution in [3.8, 4) is 17.5 Å². The summed E-state index contributed by atoms with van der Waals surface area (Å²) in [7, 11) is -3.71. The highest BCUT2D eigenvalue weighted by molar-refractivity contribution is 7.89. The van der Waals surface area contributed by atoms with Crippen LogP contribution in [0.3, 0.4) is 0 Å². The molecule has 2 heterocycles. The van der Waals surface area contributed by atoms with Crippen molar-refractivity contribution >= 4 is 21.7 Å². The molecule has 0 saturated carbocycles. The standard InChI is InChI=1S/C19H21N7O2S/c1-13(2)26-14(3)22-12-18(26)17-8-10-21-19(25-17)24-15-4-6-16(7-5-15)29(27,28)23-11-9-20/h4-8,10,12-13,23H,11H2,1-3H3,(H,21,24,25). The number of anilines is 2. The molecule has 0 atom stereocenters. The van der Waals surface area contributed by atoms with Gasteiger partial charge in [-0.1, -0.05) is 0 Å². The molecular weight excluding hydrogens is 390 g/mol. The van der Waals surface area contributed by atoms with E-state index in [1.165, 1.54) is 12.1 Å². The molecule has 150 valence electrons. The summed E-state index contributed by atoms with van der Waals surface area (Å²) in [5, 5.41) is 11.6. The van der Waals surface area contributed by atoms with Crippen LogP contribution in [0.4, 0.5) is 11.6 Å². The van der Waals surface area contributed by atoms with Crippen molar-refractivity contribution in [1.82, 2.24) is 24.2 Å². The average molecular weight is 411 g/mol. The van der Waals surface area contributed by atoms with Gasteiger partial charge in [-0.05, 0) is 51.1 Å². The molecule has 10 heteroatoms. The second-order valence-electron chi connectivity index (χ2n) is 6.55. The van der Waals surface area contributed by atoms with E-state index in [4.69, 9.17) is 5.26 Å². The summed E-state index contributed by atoms with van der Waals surface area (Å²) < 4.78 is 28.4. The van der Waals surface area contributed by atoms with Crippen LogP contribution in [0.5, 0.6) is 0 Å². The lowest BCUT2D eigenvalue weighted by Crippen LogP contribution is -2.23. The molecule has 3 aromatic rings. The minimum atomic E-state index is -3.71. The van der Waals surface area contributed by atoms with E-state index in [0.29, 0.717) is 11.6 Å². The Kier molecular flexibility index (Phi) is 5.91. The van der Waals surface area contributed by atoms with Crippen LogP contribution in [-0.2, 0) is 10.0 Å². The highest BCUT2D eigenvalue weighted by Gasteiger charge is 2.15. The molecule has 9 nitrogen and oxygen atoms in total. The summed E-state index contributed by atoms with van der Waals surface area (Å²) in [5.74, 6) is 1.29. The van der Waals surface area contributed by atoms with Crippen molar-refractivity contribution in [1.29, 1.82) is 5.26 Å². The van der Waals surface area contributed by atoms with Crippen LogP contribution in [0.15, 0.2) is 47.6 Å². The van der Waals surface area contributed by atoms with E-state index in [2.05, 4.69) is 43.4 Å². The number of aryl methyl sites for hydroxylation is 1. The Labute approximate surface area is 169 Å². The molecular formula is C19H21N7O2S. The molecule has 3 rings (SSSR count). The SMILES string of the molecule is Cc1ncc(-c2ccnc(Nc3ccc(S(=O)(=O)NCC#N)cc3)n2)n1C(C)C. The monoisotopic (exact) mass is 411 g/mol. The highest BCUT2D eigenvalue weighted by Crippen LogP contribution is 2.24. The van der Waals surface area contributed by atoms with Crippen LogP contribution < -0.4 is 10.0 Å². The first-order chi connectivity index (χ1) is 13.8. The van der Waals surface area contributed by atoms with Gasteiger partial charge in [-0.15, -0.1) is 0 Å². The third kappa shape index (κ3) is 4.59. The van der Waals surface area contributed by atoms with Crippen molar-refractivity contribution in [2.75, 3.05) is 11.9 Å². The van der Waals surface area contributed by atoms with Crippen molar-refractivity contribution in [3.05, 3.63) is 48.5 Å². The molecule has 0 amide bonds. The number of nitrogens with one attached hydrogen (secondary N) is 2. The molecule has 0 fully saturated rings. The van der Waals surface area contributed by atoms with Gasteiger partial charge in [-0.25, -0.2) is 23.4 Å². The molecule has 0 aliphatic heterocycles. The Hall–Kier alpha value is -3.29.